The summed E-state index contributed by atoms with van der Waals surface area (Å²) in [7, 11) is 1.45. The number of amides is 2. The van der Waals surface area contributed by atoms with Gasteiger partial charge in [-0.15, -0.1) is 0 Å². The van der Waals surface area contributed by atoms with Crippen LogP contribution in [0, 0.1) is 11.8 Å². The van der Waals surface area contributed by atoms with Crippen LogP contribution in [0.25, 0.3) is 0 Å². The zero-order chi connectivity index (χ0) is 17.9. The molecule has 1 aliphatic rings. The fraction of sp³-hybridized carbons (Fsp3) is 0.824. The highest BCUT2D eigenvalue weighted by molar-refractivity contribution is 5.83. The lowest BCUT2D eigenvalue weighted by molar-refractivity contribution is -0.127. The number of ether oxygens (including phenoxy) is 2. The van der Waals surface area contributed by atoms with Crippen LogP contribution in [0.15, 0.2) is 0 Å². The van der Waals surface area contributed by atoms with Crippen molar-refractivity contribution in [3.8, 4) is 0 Å². The topological polar surface area (TPSA) is 93.7 Å². The molecule has 0 aromatic heterocycles. The van der Waals surface area contributed by atoms with Crippen molar-refractivity contribution in [3.05, 3.63) is 0 Å². The number of Topliss-reactive ketones (excluding diaryl/α,β-unsaturated/α-hetero) is 1. The van der Waals surface area contributed by atoms with Crippen molar-refractivity contribution in [3.63, 3.8) is 0 Å². The Morgan fingerprint density at radius 3 is 2.29 bits per heavy atom. The van der Waals surface area contributed by atoms with Gasteiger partial charge >= 0.3 is 0 Å². The molecule has 1 fully saturated rings. The van der Waals surface area contributed by atoms with E-state index in [-0.39, 0.29) is 49.5 Å². The minimum absolute atomic E-state index is 0.0163. The number of methoxy groups -OCH3 is 1. The molecular formula is C17H30N2O5. The number of carbonyl (C=O) groups is 3. The Morgan fingerprint density at radius 1 is 1.04 bits per heavy atom. The summed E-state index contributed by atoms with van der Waals surface area (Å²) in [5.41, 5.74) is 0. The fourth-order valence-electron chi connectivity index (χ4n) is 2.87. The lowest BCUT2D eigenvalue weighted by Crippen LogP contribution is -2.41. The lowest BCUT2D eigenvalue weighted by Gasteiger charge is -2.29. The van der Waals surface area contributed by atoms with Gasteiger partial charge in [-0.05, 0) is 25.7 Å². The number of ketones is 1. The molecule has 0 heterocycles. The summed E-state index contributed by atoms with van der Waals surface area (Å²) in [5.74, 6) is 0.192. The average Bonchev–Trinajstić information content (AvgIpc) is 2.54. The second-order valence-corrected chi connectivity index (χ2v) is 6.51. The Kier molecular flexibility index (Phi) is 9.56. The van der Waals surface area contributed by atoms with Crippen molar-refractivity contribution in [2.24, 2.45) is 11.8 Å². The largest absolute Gasteiger partial charge is 0.375 e. The maximum Gasteiger partial charge on any atom is 0.246 e. The van der Waals surface area contributed by atoms with Gasteiger partial charge in [-0.2, -0.15) is 0 Å². The lowest BCUT2D eigenvalue weighted by atomic mass is 9.80. The van der Waals surface area contributed by atoms with Crippen molar-refractivity contribution in [1.29, 1.82) is 0 Å². The first-order valence-electron chi connectivity index (χ1n) is 8.60. The number of nitrogens with one attached hydrogen (secondary N) is 2. The first kappa shape index (κ1) is 20.6. The van der Waals surface area contributed by atoms with E-state index in [0.29, 0.717) is 12.3 Å². The third-order valence-corrected chi connectivity index (χ3v) is 4.14. The molecule has 0 radical (unpaired) electrons. The predicted molar refractivity (Wildman–Crippen MR) is 89.4 cm³/mol. The Bertz CT molecular complexity index is 417. The molecule has 1 rings (SSSR count). The fourth-order valence-corrected chi connectivity index (χ4v) is 2.87. The van der Waals surface area contributed by atoms with Gasteiger partial charge in [-0.3, -0.25) is 14.4 Å². The van der Waals surface area contributed by atoms with Crippen LogP contribution >= 0.6 is 0 Å². The molecule has 0 bridgehead atoms. The minimum Gasteiger partial charge on any atom is -0.375 e. The van der Waals surface area contributed by atoms with E-state index < -0.39 is 0 Å². The summed E-state index contributed by atoms with van der Waals surface area (Å²) < 4.78 is 9.92. The van der Waals surface area contributed by atoms with E-state index in [2.05, 4.69) is 15.4 Å². The quantitative estimate of drug-likeness (QED) is 0.569. The van der Waals surface area contributed by atoms with Crippen LogP contribution in [-0.4, -0.2) is 57.1 Å². The van der Waals surface area contributed by atoms with Crippen molar-refractivity contribution < 1.29 is 23.9 Å². The molecule has 0 aliphatic heterocycles. The summed E-state index contributed by atoms with van der Waals surface area (Å²) in [6.07, 6.45) is 3.35. The molecule has 2 amide bonds. The van der Waals surface area contributed by atoms with E-state index in [9.17, 15) is 14.4 Å². The summed E-state index contributed by atoms with van der Waals surface area (Å²) in [5, 5.41) is 5.56. The maximum atomic E-state index is 12.0. The Morgan fingerprint density at radius 2 is 1.71 bits per heavy atom. The normalized spacial score (nSPS) is 20.7. The molecule has 24 heavy (non-hydrogen) atoms. The molecule has 0 aromatic rings. The van der Waals surface area contributed by atoms with E-state index in [1.54, 1.807) is 0 Å². The van der Waals surface area contributed by atoms with Crippen molar-refractivity contribution in [2.45, 2.75) is 45.6 Å². The van der Waals surface area contributed by atoms with Gasteiger partial charge in [-0.1, -0.05) is 13.8 Å². The van der Waals surface area contributed by atoms with Crippen LogP contribution in [0.4, 0.5) is 0 Å². The average molecular weight is 342 g/mol. The summed E-state index contributed by atoms with van der Waals surface area (Å²) >= 11 is 0. The second-order valence-electron chi connectivity index (χ2n) is 6.51. The molecule has 0 unspecified atom stereocenters. The smallest absolute Gasteiger partial charge is 0.246 e. The van der Waals surface area contributed by atoms with Crippen molar-refractivity contribution in [1.82, 2.24) is 10.6 Å². The van der Waals surface area contributed by atoms with Gasteiger partial charge in [0.25, 0.3) is 0 Å². The van der Waals surface area contributed by atoms with Crippen LogP contribution in [0.5, 0.6) is 0 Å². The number of rotatable bonds is 10. The third-order valence-electron chi connectivity index (χ3n) is 4.14. The molecule has 0 atom stereocenters. The summed E-state index contributed by atoms with van der Waals surface area (Å²) in [6.45, 7) is 4.49. The predicted octanol–water partition coefficient (Wildman–Crippen LogP) is 0.666. The van der Waals surface area contributed by atoms with Gasteiger partial charge < -0.3 is 20.1 Å². The standard InChI is InChI=1S/C17H30N2O5/c1-12(2)17(22)13-4-6-14(7-5-13)19-16(21)11-24-9-8-18-15(20)10-23-3/h12-14H,4-11H2,1-3H3,(H,18,20)(H,19,21). The SMILES string of the molecule is COCC(=O)NCCOCC(=O)NC1CCC(C(=O)C(C)C)CC1. The van der Waals surface area contributed by atoms with Gasteiger partial charge in [0, 0.05) is 31.5 Å². The van der Waals surface area contributed by atoms with E-state index in [0.717, 1.165) is 25.7 Å². The van der Waals surface area contributed by atoms with E-state index in [1.807, 2.05) is 13.8 Å². The molecular weight excluding hydrogens is 312 g/mol. The molecule has 0 saturated heterocycles. The van der Waals surface area contributed by atoms with Gasteiger partial charge in [0.1, 0.15) is 19.0 Å². The molecule has 1 aliphatic carbocycles. The number of hydrogen-bond acceptors (Lipinski definition) is 5. The van der Waals surface area contributed by atoms with Gasteiger partial charge in [0.2, 0.25) is 11.8 Å². The van der Waals surface area contributed by atoms with Crippen LogP contribution < -0.4 is 10.6 Å². The number of carbonyl (C=O) groups excluding carboxylic acids is 3. The minimum atomic E-state index is -0.210. The summed E-state index contributed by atoms with van der Waals surface area (Å²) in [4.78, 5) is 34.9. The Hall–Kier alpha value is -1.47. The van der Waals surface area contributed by atoms with Crippen LogP contribution in [0.3, 0.4) is 0 Å². The molecule has 138 valence electrons. The maximum absolute atomic E-state index is 12.0. The van der Waals surface area contributed by atoms with Gasteiger partial charge in [0.15, 0.2) is 0 Å². The zero-order valence-electron chi connectivity index (χ0n) is 14.9. The monoisotopic (exact) mass is 342 g/mol. The van der Waals surface area contributed by atoms with E-state index in [1.165, 1.54) is 7.11 Å². The first-order valence-corrected chi connectivity index (χ1v) is 8.60. The van der Waals surface area contributed by atoms with Crippen LogP contribution in [-0.2, 0) is 23.9 Å². The second kappa shape index (κ2) is 11.1. The Balaban J connectivity index is 2.10. The highest BCUT2D eigenvalue weighted by Gasteiger charge is 2.28. The first-order chi connectivity index (χ1) is 11.4. The molecule has 7 heteroatoms. The molecule has 0 aromatic carbocycles. The zero-order valence-corrected chi connectivity index (χ0v) is 14.9. The van der Waals surface area contributed by atoms with E-state index in [4.69, 9.17) is 4.74 Å². The van der Waals surface area contributed by atoms with Crippen molar-refractivity contribution >= 4 is 17.6 Å². The Labute approximate surface area is 143 Å². The summed E-state index contributed by atoms with van der Waals surface area (Å²) in [6, 6.07) is 0.124. The van der Waals surface area contributed by atoms with Gasteiger partial charge in [0.05, 0.1) is 6.61 Å². The molecule has 0 spiro atoms. The third kappa shape index (κ3) is 7.88. The van der Waals surface area contributed by atoms with Crippen LogP contribution in [0.2, 0.25) is 0 Å². The molecule has 1 saturated carbocycles. The van der Waals surface area contributed by atoms with E-state index >= 15 is 0 Å². The van der Waals surface area contributed by atoms with Crippen LogP contribution in [0.1, 0.15) is 39.5 Å². The molecule has 2 N–H and O–H groups in total. The highest BCUT2D eigenvalue weighted by atomic mass is 16.5. The highest BCUT2D eigenvalue weighted by Crippen LogP contribution is 2.27. The van der Waals surface area contributed by atoms with Gasteiger partial charge in [-0.25, -0.2) is 0 Å². The number of hydrogen-bond donors (Lipinski definition) is 2. The molecule has 7 nitrogen and oxygen atoms in total. The van der Waals surface area contributed by atoms with Crippen molar-refractivity contribution in [2.75, 3.05) is 33.5 Å².